The molecule has 7 heteroatoms. The number of pyridine rings is 1. The highest BCUT2D eigenvalue weighted by Gasteiger charge is 2.14. The molecular formula is C19H14FN5O. The van der Waals surface area contributed by atoms with Crippen LogP contribution in [0.15, 0.2) is 73.3 Å². The Balaban J connectivity index is 1.69. The summed E-state index contributed by atoms with van der Waals surface area (Å²) < 4.78 is 20.6. The van der Waals surface area contributed by atoms with E-state index in [2.05, 4.69) is 20.1 Å². The van der Waals surface area contributed by atoms with Gasteiger partial charge in [-0.1, -0.05) is 30.3 Å². The molecule has 0 fully saturated rings. The van der Waals surface area contributed by atoms with E-state index in [1.807, 2.05) is 30.3 Å². The number of benzene rings is 1. The van der Waals surface area contributed by atoms with E-state index in [0.29, 0.717) is 29.6 Å². The molecule has 0 aliphatic heterocycles. The Morgan fingerprint density at radius 1 is 0.962 bits per heavy atom. The summed E-state index contributed by atoms with van der Waals surface area (Å²) in [5, 5.41) is 4.46. The molecule has 0 saturated heterocycles. The van der Waals surface area contributed by atoms with Gasteiger partial charge < -0.3 is 4.74 Å². The first-order valence-corrected chi connectivity index (χ1v) is 7.95. The Hall–Kier alpha value is -3.61. The highest BCUT2D eigenvalue weighted by atomic mass is 19.1. The van der Waals surface area contributed by atoms with E-state index in [0.717, 1.165) is 5.56 Å². The summed E-state index contributed by atoms with van der Waals surface area (Å²) in [6.07, 6.45) is 6.20. The molecule has 0 saturated carbocycles. The maximum absolute atomic E-state index is 13.2. The van der Waals surface area contributed by atoms with Crippen molar-refractivity contribution in [2.45, 2.75) is 6.61 Å². The second-order valence-corrected chi connectivity index (χ2v) is 5.49. The topological polar surface area (TPSA) is 65.7 Å². The number of aromatic nitrogens is 5. The average Bonchev–Trinajstić information content (AvgIpc) is 3.13. The van der Waals surface area contributed by atoms with Crippen molar-refractivity contribution in [2.24, 2.45) is 0 Å². The van der Waals surface area contributed by atoms with Crippen molar-refractivity contribution < 1.29 is 9.13 Å². The minimum atomic E-state index is -0.542. The summed E-state index contributed by atoms with van der Waals surface area (Å²) in [6, 6.07) is 14.5. The van der Waals surface area contributed by atoms with Crippen molar-refractivity contribution in [3.05, 3.63) is 84.8 Å². The van der Waals surface area contributed by atoms with Crippen molar-refractivity contribution >= 4 is 0 Å². The van der Waals surface area contributed by atoms with Crippen LogP contribution in [0, 0.1) is 5.95 Å². The lowest BCUT2D eigenvalue weighted by Gasteiger charge is -2.05. The minimum absolute atomic E-state index is 0.388. The summed E-state index contributed by atoms with van der Waals surface area (Å²) in [5.41, 5.74) is 2.41. The van der Waals surface area contributed by atoms with Gasteiger partial charge in [0.25, 0.3) is 0 Å². The lowest BCUT2D eigenvalue weighted by Crippen LogP contribution is -2.03. The van der Waals surface area contributed by atoms with Gasteiger partial charge in [0.1, 0.15) is 6.61 Å². The molecule has 0 unspecified atom stereocenters. The highest BCUT2D eigenvalue weighted by Crippen LogP contribution is 2.26. The van der Waals surface area contributed by atoms with E-state index in [1.165, 1.54) is 12.3 Å². The van der Waals surface area contributed by atoms with Gasteiger partial charge >= 0.3 is 0 Å². The zero-order valence-electron chi connectivity index (χ0n) is 13.7. The monoisotopic (exact) mass is 347 g/mol. The third-order valence-corrected chi connectivity index (χ3v) is 3.71. The average molecular weight is 347 g/mol. The SMILES string of the molecule is Fc1ccc(-c2cc(OCc3ccccc3)nn2-c2cnccn2)cn1. The molecule has 0 bridgehead atoms. The quantitative estimate of drug-likeness (QED) is 0.517. The molecule has 3 heterocycles. The maximum Gasteiger partial charge on any atom is 0.234 e. The van der Waals surface area contributed by atoms with E-state index >= 15 is 0 Å². The molecule has 128 valence electrons. The minimum Gasteiger partial charge on any atom is -0.472 e. The van der Waals surface area contributed by atoms with E-state index in [-0.39, 0.29) is 0 Å². The van der Waals surface area contributed by atoms with Gasteiger partial charge in [-0.3, -0.25) is 4.98 Å². The van der Waals surface area contributed by atoms with E-state index in [1.54, 1.807) is 35.4 Å². The lowest BCUT2D eigenvalue weighted by atomic mass is 10.2. The zero-order valence-corrected chi connectivity index (χ0v) is 13.7. The van der Waals surface area contributed by atoms with E-state index < -0.39 is 5.95 Å². The summed E-state index contributed by atoms with van der Waals surface area (Å²) >= 11 is 0. The molecule has 0 radical (unpaired) electrons. The van der Waals surface area contributed by atoms with Gasteiger partial charge in [-0.25, -0.2) is 14.6 Å². The Bertz CT molecular complexity index is 988. The van der Waals surface area contributed by atoms with Crippen LogP contribution < -0.4 is 4.74 Å². The molecule has 0 atom stereocenters. The number of nitrogens with zero attached hydrogens (tertiary/aromatic N) is 5. The molecule has 0 aliphatic carbocycles. The number of halogens is 1. The number of ether oxygens (including phenoxy) is 1. The number of hydrogen-bond acceptors (Lipinski definition) is 5. The first-order chi connectivity index (χ1) is 12.8. The number of hydrogen-bond donors (Lipinski definition) is 0. The van der Waals surface area contributed by atoms with Gasteiger partial charge in [0, 0.05) is 30.2 Å². The standard InChI is InChI=1S/C19H14FN5O/c20-17-7-6-15(11-23-17)16-10-19(26-13-14-4-2-1-3-5-14)24-25(16)18-12-21-8-9-22-18/h1-12H,13H2. The Labute approximate surface area is 149 Å². The molecule has 4 rings (SSSR count). The smallest absolute Gasteiger partial charge is 0.234 e. The normalized spacial score (nSPS) is 10.7. The fourth-order valence-electron chi connectivity index (χ4n) is 2.47. The zero-order chi connectivity index (χ0) is 17.8. The molecule has 0 amide bonds. The first-order valence-electron chi connectivity index (χ1n) is 7.95. The largest absolute Gasteiger partial charge is 0.472 e. The molecule has 3 aromatic heterocycles. The van der Waals surface area contributed by atoms with Crippen molar-refractivity contribution in [3.63, 3.8) is 0 Å². The molecule has 26 heavy (non-hydrogen) atoms. The number of rotatable bonds is 5. The molecule has 0 aliphatic rings. The van der Waals surface area contributed by atoms with Gasteiger partial charge in [-0.2, -0.15) is 4.39 Å². The molecule has 6 nitrogen and oxygen atoms in total. The Morgan fingerprint density at radius 3 is 2.58 bits per heavy atom. The summed E-state index contributed by atoms with van der Waals surface area (Å²) in [6.45, 7) is 0.388. The van der Waals surface area contributed by atoms with Crippen LogP contribution in [-0.2, 0) is 6.61 Å². The van der Waals surface area contributed by atoms with Crippen LogP contribution >= 0.6 is 0 Å². The van der Waals surface area contributed by atoms with Crippen LogP contribution in [0.1, 0.15) is 5.56 Å². The summed E-state index contributed by atoms with van der Waals surface area (Å²) in [7, 11) is 0. The van der Waals surface area contributed by atoms with Gasteiger partial charge in [0.2, 0.25) is 11.8 Å². The van der Waals surface area contributed by atoms with E-state index in [4.69, 9.17) is 4.74 Å². The second-order valence-electron chi connectivity index (χ2n) is 5.49. The Kier molecular flexibility index (Phi) is 4.34. The van der Waals surface area contributed by atoms with E-state index in [9.17, 15) is 4.39 Å². The molecular weight excluding hydrogens is 333 g/mol. The molecule has 0 N–H and O–H groups in total. The summed E-state index contributed by atoms with van der Waals surface area (Å²) in [5.74, 6) is 0.417. The van der Waals surface area contributed by atoms with Crippen LogP contribution in [0.2, 0.25) is 0 Å². The van der Waals surface area contributed by atoms with Gasteiger partial charge in [-0.15, -0.1) is 5.10 Å². The van der Waals surface area contributed by atoms with Crippen LogP contribution in [0.25, 0.3) is 17.1 Å². The van der Waals surface area contributed by atoms with Gasteiger partial charge in [0.05, 0.1) is 11.9 Å². The van der Waals surface area contributed by atoms with Gasteiger partial charge in [-0.05, 0) is 17.7 Å². The van der Waals surface area contributed by atoms with Crippen molar-refractivity contribution in [3.8, 4) is 23.0 Å². The van der Waals surface area contributed by atoms with Crippen molar-refractivity contribution in [1.29, 1.82) is 0 Å². The van der Waals surface area contributed by atoms with Crippen LogP contribution in [0.3, 0.4) is 0 Å². The molecule has 1 aromatic carbocycles. The van der Waals surface area contributed by atoms with Crippen molar-refractivity contribution in [1.82, 2.24) is 24.7 Å². The third kappa shape index (κ3) is 3.41. The van der Waals surface area contributed by atoms with Crippen LogP contribution in [-0.4, -0.2) is 24.7 Å². The Morgan fingerprint density at radius 2 is 1.85 bits per heavy atom. The maximum atomic E-state index is 13.2. The lowest BCUT2D eigenvalue weighted by molar-refractivity contribution is 0.292. The van der Waals surface area contributed by atoms with Gasteiger partial charge in [0.15, 0.2) is 5.82 Å². The van der Waals surface area contributed by atoms with Crippen LogP contribution in [0.4, 0.5) is 4.39 Å². The fraction of sp³-hybridized carbons (Fsp3) is 0.0526. The van der Waals surface area contributed by atoms with Crippen molar-refractivity contribution in [2.75, 3.05) is 0 Å². The predicted octanol–water partition coefficient (Wildman–Crippen LogP) is 3.44. The molecule has 4 aromatic rings. The third-order valence-electron chi connectivity index (χ3n) is 3.71. The molecule has 0 spiro atoms. The predicted molar refractivity (Wildman–Crippen MR) is 93.1 cm³/mol. The summed E-state index contributed by atoms with van der Waals surface area (Å²) in [4.78, 5) is 12.1. The first kappa shape index (κ1) is 15.9. The highest BCUT2D eigenvalue weighted by molar-refractivity contribution is 5.61. The fourth-order valence-corrected chi connectivity index (χ4v) is 2.47. The second kappa shape index (κ2) is 7.10. The van der Waals surface area contributed by atoms with Crippen LogP contribution in [0.5, 0.6) is 5.88 Å².